The fourth-order valence-corrected chi connectivity index (χ4v) is 3.05. The Morgan fingerprint density at radius 2 is 1.91 bits per heavy atom. The van der Waals surface area contributed by atoms with Crippen LogP contribution in [0, 0.1) is 21.8 Å². The monoisotopic (exact) mass is 351 g/mol. The average Bonchev–Trinajstić information content (AvgIpc) is 3.25. The van der Waals surface area contributed by atoms with Crippen molar-refractivity contribution in [1.82, 2.24) is 10.2 Å². The summed E-state index contributed by atoms with van der Waals surface area (Å²) in [5.74, 6) is 0.0278. The molecule has 0 amide bonds. The summed E-state index contributed by atoms with van der Waals surface area (Å²) < 4.78 is 13.6. The van der Waals surface area contributed by atoms with Gasteiger partial charge in [-0.3, -0.25) is 15.0 Å². The Hall–Kier alpha value is -0.950. The molecule has 1 aromatic rings. The Bertz CT molecular complexity index is 523. The van der Waals surface area contributed by atoms with Crippen LogP contribution in [0.4, 0.5) is 10.1 Å². The number of nitrogens with zero attached hydrogens (tertiary/aromatic N) is 2. The van der Waals surface area contributed by atoms with Crippen molar-refractivity contribution in [1.29, 1.82) is 0 Å². The highest BCUT2D eigenvalue weighted by molar-refractivity contribution is 5.85. The van der Waals surface area contributed by atoms with Gasteiger partial charge >= 0.3 is 0 Å². The minimum atomic E-state index is -0.397. The van der Waals surface area contributed by atoms with Gasteiger partial charge in [0.05, 0.1) is 10.5 Å². The van der Waals surface area contributed by atoms with Gasteiger partial charge in [-0.25, -0.2) is 4.39 Å². The molecule has 1 N–H and O–H groups in total. The molecular formula is C14H20Cl2FN3O2. The molecule has 22 heavy (non-hydrogen) atoms. The molecular weight excluding hydrogens is 332 g/mol. The van der Waals surface area contributed by atoms with Crippen molar-refractivity contribution >= 4 is 30.5 Å². The molecule has 124 valence electrons. The Morgan fingerprint density at radius 3 is 2.45 bits per heavy atom. The molecule has 0 radical (unpaired) electrons. The molecule has 1 aliphatic heterocycles. The number of nitrogens with one attached hydrogen (secondary N) is 1. The second-order valence-corrected chi connectivity index (χ2v) is 5.53. The maximum atomic E-state index is 13.6. The predicted octanol–water partition coefficient (Wildman–Crippen LogP) is 2.93. The van der Waals surface area contributed by atoms with Crippen LogP contribution in [0.1, 0.15) is 24.4 Å². The zero-order valence-electron chi connectivity index (χ0n) is 12.0. The fourth-order valence-electron chi connectivity index (χ4n) is 3.05. The standard InChI is InChI=1S/C14H18FN3O2.2ClH/c15-11-3-4-13(18(19)20)12(9-11)14(10-1-2-10)17-7-5-16-6-8-17;;/h3-4,9-10,14,16H,1-2,5-8H2;2*1H/t14-;;/m1../s1. The summed E-state index contributed by atoms with van der Waals surface area (Å²) in [6.07, 6.45) is 2.14. The van der Waals surface area contributed by atoms with Crippen LogP contribution in [0.5, 0.6) is 0 Å². The summed E-state index contributed by atoms with van der Waals surface area (Å²) in [5, 5.41) is 14.5. The highest BCUT2D eigenvalue weighted by atomic mass is 35.5. The van der Waals surface area contributed by atoms with Gasteiger partial charge in [0.25, 0.3) is 5.69 Å². The lowest BCUT2D eigenvalue weighted by Gasteiger charge is -2.35. The summed E-state index contributed by atoms with van der Waals surface area (Å²) >= 11 is 0. The summed E-state index contributed by atoms with van der Waals surface area (Å²) in [5.41, 5.74) is 0.584. The van der Waals surface area contributed by atoms with Crippen molar-refractivity contribution in [3.05, 3.63) is 39.7 Å². The molecule has 1 saturated heterocycles. The van der Waals surface area contributed by atoms with E-state index in [9.17, 15) is 14.5 Å². The van der Waals surface area contributed by atoms with Gasteiger partial charge in [0.1, 0.15) is 5.82 Å². The van der Waals surface area contributed by atoms with Gasteiger partial charge in [0.2, 0.25) is 0 Å². The second-order valence-electron chi connectivity index (χ2n) is 5.53. The van der Waals surface area contributed by atoms with Gasteiger partial charge in [0, 0.05) is 38.3 Å². The summed E-state index contributed by atoms with van der Waals surface area (Å²) in [6, 6.07) is 3.79. The van der Waals surface area contributed by atoms with Crippen LogP contribution in [-0.2, 0) is 0 Å². The van der Waals surface area contributed by atoms with Gasteiger partial charge in [-0.1, -0.05) is 0 Å². The van der Waals surface area contributed by atoms with Crippen LogP contribution < -0.4 is 5.32 Å². The Balaban J connectivity index is 0.00000121. The predicted molar refractivity (Wildman–Crippen MR) is 87.5 cm³/mol. The molecule has 5 nitrogen and oxygen atoms in total. The largest absolute Gasteiger partial charge is 0.314 e. The van der Waals surface area contributed by atoms with Gasteiger partial charge < -0.3 is 5.32 Å². The first-order valence-electron chi connectivity index (χ1n) is 7.05. The van der Waals surface area contributed by atoms with Crippen molar-refractivity contribution in [3.63, 3.8) is 0 Å². The Labute approximate surface area is 141 Å². The summed E-state index contributed by atoms with van der Waals surface area (Å²) in [6.45, 7) is 3.47. The molecule has 1 aromatic carbocycles. The number of piperazine rings is 1. The number of nitro benzene ring substituents is 1. The van der Waals surface area contributed by atoms with E-state index in [-0.39, 0.29) is 36.5 Å². The number of hydrogen-bond donors (Lipinski definition) is 1. The Morgan fingerprint density at radius 1 is 1.27 bits per heavy atom. The van der Waals surface area contributed by atoms with E-state index in [1.807, 2.05) is 0 Å². The van der Waals surface area contributed by atoms with Gasteiger partial charge in [-0.2, -0.15) is 0 Å². The third-order valence-electron chi connectivity index (χ3n) is 4.12. The quantitative estimate of drug-likeness (QED) is 0.669. The van der Waals surface area contributed by atoms with Crippen LogP contribution in [0.15, 0.2) is 18.2 Å². The zero-order valence-corrected chi connectivity index (χ0v) is 13.7. The minimum Gasteiger partial charge on any atom is -0.314 e. The third-order valence-corrected chi connectivity index (χ3v) is 4.12. The third kappa shape index (κ3) is 4.07. The highest BCUT2D eigenvalue weighted by Crippen LogP contribution is 2.47. The lowest BCUT2D eigenvalue weighted by molar-refractivity contribution is -0.386. The molecule has 1 saturated carbocycles. The van der Waals surface area contributed by atoms with E-state index < -0.39 is 10.7 Å². The first-order valence-corrected chi connectivity index (χ1v) is 7.05. The molecule has 3 rings (SSSR count). The molecule has 8 heteroatoms. The fraction of sp³-hybridized carbons (Fsp3) is 0.571. The zero-order chi connectivity index (χ0) is 14.1. The van der Waals surface area contributed by atoms with Gasteiger partial charge in [-0.15, -0.1) is 24.8 Å². The normalized spacial score (nSPS) is 19.7. The number of hydrogen-bond acceptors (Lipinski definition) is 4. The summed E-state index contributed by atoms with van der Waals surface area (Å²) in [4.78, 5) is 13.1. The SMILES string of the molecule is Cl.Cl.O=[N+]([O-])c1ccc(F)cc1[C@@H](C1CC1)N1CCNCC1. The van der Waals surface area contributed by atoms with E-state index >= 15 is 0 Å². The molecule has 0 bridgehead atoms. The van der Waals surface area contributed by atoms with Crippen molar-refractivity contribution in [2.45, 2.75) is 18.9 Å². The number of nitro groups is 1. The van der Waals surface area contributed by atoms with Gasteiger partial charge in [0.15, 0.2) is 0 Å². The van der Waals surface area contributed by atoms with Crippen LogP contribution in [0.3, 0.4) is 0 Å². The van der Waals surface area contributed by atoms with Crippen LogP contribution >= 0.6 is 24.8 Å². The molecule has 1 aliphatic carbocycles. The van der Waals surface area contributed by atoms with Gasteiger partial charge in [-0.05, 0) is 30.9 Å². The van der Waals surface area contributed by atoms with Crippen LogP contribution in [0.25, 0.3) is 0 Å². The molecule has 0 unspecified atom stereocenters. The lowest BCUT2D eigenvalue weighted by atomic mass is 9.98. The van der Waals surface area contributed by atoms with Crippen LogP contribution in [-0.4, -0.2) is 36.0 Å². The Kier molecular flexibility index (Phi) is 6.99. The molecule has 0 aromatic heterocycles. The molecule has 0 spiro atoms. The van der Waals surface area contributed by atoms with Crippen LogP contribution in [0.2, 0.25) is 0 Å². The highest BCUT2D eigenvalue weighted by Gasteiger charge is 2.40. The second kappa shape index (κ2) is 8.06. The first-order chi connectivity index (χ1) is 9.66. The molecule has 2 aliphatic rings. The van der Waals surface area contributed by atoms with Crippen molar-refractivity contribution < 1.29 is 9.31 Å². The molecule has 1 atom stereocenters. The van der Waals surface area contributed by atoms with E-state index in [4.69, 9.17) is 0 Å². The van der Waals surface area contributed by atoms with Crippen molar-refractivity contribution in [2.75, 3.05) is 26.2 Å². The minimum absolute atomic E-state index is 0. The first kappa shape index (κ1) is 19.1. The summed E-state index contributed by atoms with van der Waals surface area (Å²) in [7, 11) is 0. The lowest BCUT2D eigenvalue weighted by Crippen LogP contribution is -2.45. The topological polar surface area (TPSA) is 58.4 Å². The number of rotatable bonds is 4. The van der Waals surface area contributed by atoms with E-state index in [0.717, 1.165) is 39.0 Å². The smallest absolute Gasteiger partial charge is 0.274 e. The number of halogens is 3. The van der Waals surface area contributed by atoms with E-state index in [0.29, 0.717) is 11.5 Å². The van der Waals surface area contributed by atoms with Crippen molar-refractivity contribution in [3.8, 4) is 0 Å². The van der Waals surface area contributed by atoms with E-state index in [1.54, 1.807) is 0 Å². The maximum Gasteiger partial charge on any atom is 0.274 e. The van der Waals surface area contributed by atoms with Crippen molar-refractivity contribution in [2.24, 2.45) is 5.92 Å². The number of benzene rings is 1. The average molecular weight is 352 g/mol. The van der Waals surface area contributed by atoms with E-state index in [2.05, 4.69) is 10.2 Å². The molecule has 2 fully saturated rings. The van der Waals surface area contributed by atoms with E-state index in [1.165, 1.54) is 18.2 Å². The molecule has 1 heterocycles. The maximum absolute atomic E-state index is 13.6.